The minimum atomic E-state index is 0.129. The molecule has 3 heteroatoms. The van der Waals surface area contributed by atoms with Crippen molar-refractivity contribution in [3.63, 3.8) is 0 Å². The third-order valence-electron chi connectivity index (χ3n) is 3.58. The van der Waals surface area contributed by atoms with Gasteiger partial charge in [0.15, 0.2) is 0 Å². The average molecular weight is 246 g/mol. The molecule has 0 aromatic heterocycles. The third kappa shape index (κ3) is 2.72. The molecule has 1 amide bonds. The molecule has 0 saturated heterocycles. The van der Waals surface area contributed by atoms with Crippen LogP contribution in [0, 0.1) is 0 Å². The van der Waals surface area contributed by atoms with Crippen LogP contribution in [0.2, 0.25) is 0 Å². The maximum absolute atomic E-state index is 11.5. The van der Waals surface area contributed by atoms with Gasteiger partial charge in [-0.3, -0.25) is 4.79 Å². The van der Waals surface area contributed by atoms with Crippen molar-refractivity contribution >= 4 is 11.6 Å². The summed E-state index contributed by atoms with van der Waals surface area (Å²) in [5.41, 5.74) is 9.73. The highest BCUT2D eigenvalue weighted by molar-refractivity contribution is 5.93. The van der Waals surface area contributed by atoms with Crippen LogP contribution in [0.3, 0.4) is 0 Å². The van der Waals surface area contributed by atoms with Crippen LogP contribution < -0.4 is 10.6 Å². The summed E-state index contributed by atoms with van der Waals surface area (Å²) in [4.78, 5) is 13.3. The van der Waals surface area contributed by atoms with E-state index in [0.717, 1.165) is 37.9 Å². The fourth-order valence-corrected chi connectivity index (χ4v) is 2.68. The lowest BCUT2D eigenvalue weighted by Crippen LogP contribution is -2.25. The molecular weight excluding hydrogens is 224 g/mol. The second-order valence-electron chi connectivity index (χ2n) is 5.14. The van der Waals surface area contributed by atoms with E-state index in [-0.39, 0.29) is 11.9 Å². The van der Waals surface area contributed by atoms with Crippen molar-refractivity contribution in [2.45, 2.75) is 45.6 Å². The Kier molecular flexibility index (Phi) is 4.02. The molecule has 1 heterocycles. The smallest absolute Gasteiger partial charge is 0.223 e. The summed E-state index contributed by atoms with van der Waals surface area (Å²) in [7, 11) is 0. The van der Waals surface area contributed by atoms with Gasteiger partial charge in [0.2, 0.25) is 5.91 Å². The van der Waals surface area contributed by atoms with Crippen LogP contribution in [0.5, 0.6) is 0 Å². The second kappa shape index (κ2) is 5.53. The average Bonchev–Trinajstić information content (AvgIpc) is 2.72. The fraction of sp³-hybridized carbons (Fsp3) is 0.533. The van der Waals surface area contributed by atoms with Gasteiger partial charge in [-0.25, -0.2) is 0 Å². The minimum Gasteiger partial charge on any atom is -0.327 e. The van der Waals surface area contributed by atoms with E-state index in [1.807, 2.05) is 4.90 Å². The summed E-state index contributed by atoms with van der Waals surface area (Å²) < 4.78 is 0. The van der Waals surface area contributed by atoms with Crippen LogP contribution in [-0.2, 0) is 17.6 Å². The molecule has 0 saturated carbocycles. The van der Waals surface area contributed by atoms with Gasteiger partial charge in [-0.15, -0.1) is 0 Å². The zero-order valence-corrected chi connectivity index (χ0v) is 11.3. The molecule has 98 valence electrons. The Morgan fingerprint density at radius 1 is 1.50 bits per heavy atom. The predicted molar refractivity (Wildman–Crippen MR) is 74.8 cm³/mol. The van der Waals surface area contributed by atoms with Gasteiger partial charge >= 0.3 is 0 Å². The first-order valence-corrected chi connectivity index (χ1v) is 6.77. The minimum absolute atomic E-state index is 0.129. The molecule has 3 nitrogen and oxygen atoms in total. The highest BCUT2D eigenvalue weighted by Crippen LogP contribution is 2.29. The van der Waals surface area contributed by atoms with E-state index in [1.54, 1.807) is 6.92 Å². The molecule has 2 rings (SSSR count). The largest absolute Gasteiger partial charge is 0.327 e. The molecule has 1 aromatic rings. The third-order valence-corrected chi connectivity index (χ3v) is 3.58. The van der Waals surface area contributed by atoms with Crippen LogP contribution in [0.1, 0.15) is 37.8 Å². The number of carbonyl (C=O) groups excluding carboxylic acids is 1. The van der Waals surface area contributed by atoms with Crippen molar-refractivity contribution < 1.29 is 4.79 Å². The van der Waals surface area contributed by atoms with Crippen molar-refractivity contribution in [2.75, 3.05) is 11.4 Å². The van der Waals surface area contributed by atoms with Gasteiger partial charge in [0.25, 0.3) is 0 Å². The number of hydrogen-bond acceptors (Lipinski definition) is 2. The number of amides is 1. The van der Waals surface area contributed by atoms with E-state index < -0.39 is 0 Å². The van der Waals surface area contributed by atoms with Crippen LogP contribution in [0.15, 0.2) is 18.2 Å². The molecule has 0 spiro atoms. The van der Waals surface area contributed by atoms with Gasteiger partial charge in [0.05, 0.1) is 0 Å². The number of nitrogens with two attached hydrogens (primary N) is 1. The predicted octanol–water partition coefficient (Wildman–Crippen LogP) is 2.27. The van der Waals surface area contributed by atoms with E-state index in [4.69, 9.17) is 5.73 Å². The Morgan fingerprint density at radius 3 is 2.94 bits per heavy atom. The van der Waals surface area contributed by atoms with Gasteiger partial charge < -0.3 is 10.6 Å². The van der Waals surface area contributed by atoms with E-state index in [2.05, 4.69) is 25.1 Å². The number of fused-ring (bicyclic) bond motifs is 1. The fourth-order valence-electron chi connectivity index (χ4n) is 2.68. The van der Waals surface area contributed by atoms with E-state index in [0.29, 0.717) is 0 Å². The molecule has 0 fully saturated rings. The lowest BCUT2D eigenvalue weighted by atomic mass is 10.00. The Morgan fingerprint density at radius 2 is 2.28 bits per heavy atom. The molecule has 1 aliphatic rings. The first-order chi connectivity index (χ1) is 8.61. The van der Waals surface area contributed by atoms with Crippen molar-refractivity contribution in [1.82, 2.24) is 0 Å². The topological polar surface area (TPSA) is 46.3 Å². The van der Waals surface area contributed by atoms with Gasteiger partial charge in [0, 0.05) is 25.2 Å². The molecular formula is C15H22N2O. The van der Waals surface area contributed by atoms with Gasteiger partial charge in [-0.05, 0) is 36.5 Å². The van der Waals surface area contributed by atoms with Gasteiger partial charge in [-0.1, -0.05) is 25.5 Å². The Hall–Kier alpha value is -1.35. The molecule has 0 aliphatic carbocycles. The number of carbonyl (C=O) groups is 1. The monoisotopic (exact) mass is 246 g/mol. The molecule has 1 aliphatic heterocycles. The van der Waals surface area contributed by atoms with Crippen LogP contribution in [-0.4, -0.2) is 18.5 Å². The van der Waals surface area contributed by atoms with Crippen LogP contribution in [0.4, 0.5) is 5.69 Å². The van der Waals surface area contributed by atoms with Gasteiger partial charge in [0.1, 0.15) is 0 Å². The van der Waals surface area contributed by atoms with Crippen molar-refractivity contribution in [3.8, 4) is 0 Å². The number of rotatable bonds is 4. The lowest BCUT2D eigenvalue weighted by molar-refractivity contribution is -0.116. The SMILES string of the molecule is CCCC(N)Cc1ccc2c(c1)CCN2C(C)=O. The molecule has 1 atom stereocenters. The Labute approximate surface area is 109 Å². The number of hydrogen-bond donors (Lipinski definition) is 1. The summed E-state index contributed by atoms with van der Waals surface area (Å²) in [5.74, 6) is 0.129. The van der Waals surface area contributed by atoms with E-state index >= 15 is 0 Å². The van der Waals surface area contributed by atoms with Crippen molar-refractivity contribution in [3.05, 3.63) is 29.3 Å². The second-order valence-corrected chi connectivity index (χ2v) is 5.14. The van der Waals surface area contributed by atoms with Crippen LogP contribution in [0.25, 0.3) is 0 Å². The zero-order chi connectivity index (χ0) is 13.1. The van der Waals surface area contributed by atoms with E-state index in [1.165, 1.54) is 11.1 Å². The number of benzene rings is 1. The Bertz CT molecular complexity index is 442. The first-order valence-electron chi connectivity index (χ1n) is 6.77. The lowest BCUT2D eigenvalue weighted by Gasteiger charge is -2.15. The maximum atomic E-state index is 11.5. The van der Waals surface area contributed by atoms with Gasteiger partial charge in [-0.2, -0.15) is 0 Å². The Balaban J connectivity index is 2.12. The van der Waals surface area contributed by atoms with E-state index in [9.17, 15) is 4.79 Å². The molecule has 1 aromatic carbocycles. The molecule has 1 unspecified atom stereocenters. The molecule has 0 radical (unpaired) electrons. The summed E-state index contributed by atoms with van der Waals surface area (Å²) in [6.45, 7) is 4.60. The molecule has 18 heavy (non-hydrogen) atoms. The molecule has 0 bridgehead atoms. The summed E-state index contributed by atoms with van der Waals surface area (Å²) >= 11 is 0. The summed E-state index contributed by atoms with van der Waals surface area (Å²) in [5, 5.41) is 0. The number of nitrogens with zero attached hydrogens (tertiary/aromatic N) is 1. The van der Waals surface area contributed by atoms with Crippen molar-refractivity contribution in [2.24, 2.45) is 5.73 Å². The zero-order valence-electron chi connectivity index (χ0n) is 11.3. The number of anilines is 1. The quantitative estimate of drug-likeness (QED) is 0.885. The first kappa shape index (κ1) is 13.1. The standard InChI is InChI=1S/C15H22N2O/c1-3-4-14(16)10-12-5-6-15-13(9-12)7-8-17(15)11(2)18/h5-6,9,14H,3-4,7-8,10,16H2,1-2H3. The highest BCUT2D eigenvalue weighted by atomic mass is 16.2. The van der Waals surface area contributed by atoms with Crippen LogP contribution >= 0.6 is 0 Å². The normalized spacial score (nSPS) is 15.6. The summed E-state index contributed by atoms with van der Waals surface area (Å²) in [6.07, 6.45) is 4.09. The van der Waals surface area contributed by atoms with Crippen molar-refractivity contribution in [1.29, 1.82) is 0 Å². The molecule has 2 N–H and O–H groups in total. The maximum Gasteiger partial charge on any atom is 0.223 e. The summed E-state index contributed by atoms with van der Waals surface area (Å²) in [6, 6.07) is 6.64. The highest BCUT2D eigenvalue weighted by Gasteiger charge is 2.22.